The summed E-state index contributed by atoms with van der Waals surface area (Å²) in [5, 5.41) is 5.67. The van der Waals surface area contributed by atoms with Crippen molar-refractivity contribution in [3.63, 3.8) is 0 Å². The smallest absolute Gasteiger partial charge is 0.319 e. The quantitative estimate of drug-likeness (QED) is 0.743. The van der Waals surface area contributed by atoms with Crippen LogP contribution in [-0.4, -0.2) is 24.5 Å². The summed E-state index contributed by atoms with van der Waals surface area (Å²) in [4.78, 5) is 26.7. The molecule has 3 amide bonds. The molecule has 1 saturated carbocycles. The fourth-order valence-corrected chi connectivity index (χ4v) is 3.33. The number of anilines is 3. The second-order valence-corrected chi connectivity index (χ2v) is 6.86. The van der Waals surface area contributed by atoms with Gasteiger partial charge in [0.25, 0.3) is 5.91 Å². The molecule has 0 unspecified atom stereocenters. The zero-order chi connectivity index (χ0) is 18.1. The maximum absolute atomic E-state index is 13.1. The maximum atomic E-state index is 13.1. The van der Waals surface area contributed by atoms with Gasteiger partial charge in [-0.15, -0.1) is 0 Å². The van der Waals surface area contributed by atoms with Crippen molar-refractivity contribution in [1.29, 1.82) is 0 Å². The Morgan fingerprint density at radius 3 is 2.73 bits per heavy atom. The first-order valence-corrected chi connectivity index (χ1v) is 8.98. The van der Waals surface area contributed by atoms with Crippen LogP contribution in [0.15, 0.2) is 42.5 Å². The molecule has 0 radical (unpaired) electrons. The number of urea groups is 1. The third kappa shape index (κ3) is 3.35. The number of nitrogen functional groups attached to an aromatic ring is 1. The van der Waals surface area contributed by atoms with Gasteiger partial charge in [0.05, 0.1) is 0 Å². The number of carbonyl (C=O) groups excluding carboxylic acids is 2. The van der Waals surface area contributed by atoms with E-state index in [0.29, 0.717) is 17.8 Å². The SMILES string of the molecule is Nc1cccc2c1CCCN2C(=O)c1cccc(NC(=O)NC2CC2)c1. The Hall–Kier alpha value is -3.02. The molecule has 0 bridgehead atoms. The highest BCUT2D eigenvalue weighted by atomic mass is 16.2. The summed E-state index contributed by atoms with van der Waals surface area (Å²) < 4.78 is 0. The predicted octanol–water partition coefficient (Wildman–Crippen LogP) is 3.15. The van der Waals surface area contributed by atoms with Crippen molar-refractivity contribution >= 4 is 29.0 Å². The molecule has 2 aromatic carbocycles. The summed E-state index contributed by atoms with van der Waals surface area (Å²) in [5.41, 5.74) is 9.87. The topological polar surface area (TPSA) is 87.5 Å². The largest absolute Gasteiger partial charge is 0.398 e. The summed E-state index contributed by atoms with van der Waals surface area (Å²) in [6.07, 6.45) is 3.83. The van der Waals surface area contributed by atoms with Crippen LogP contribution >= 0.6 is 0 Å². The van der Waals surface area contributed by atoms with Crippen LogP contribution in [0.1, 0.15) is 35.2 Å². The zero-order valence-corrected chi connectivity index (χ0v) is 14.5. The van der Waals surface area contributed by atoms with E-state index in [1.54, 1.807) is 29.2 Å². The normalized spacial score (nSPS) is 15.9. The van der Waals surface area contributed by atoms with Crippen molar-refractivity contribution < 1.29 is 9.59 Å². The fourth-order valence-electron chi connectivity index (χ4n) is 3.33. The number of hydrogen-bond donors (Lipinski definition) is 3. The Morgan fingerprint density at radius 2 is 1.92 bits per heavy atom. The van der Waals surface area contributed by atoms with E-state index in [1.807, 2.05) is 18.2 Å². The van der Waals surface area contributed by atoms with Gasteiger partial charge in [-0.25, -0.2) is 4.79 Å². The Morgan fingerprint density at radius 1 is 1.12 bits per heavy atom. The van der Waals surface area contributed by atoms with Crippen LogP contribution in [0.3, 0.4) is 0 Å². The highest BCUT2D eigenvalue weighted by Crippen LogP contribution is 2.32. The molecule has 6 nitrogen and oxygen atoms in total. The van der Waals surface area contributed by atoms with Crippen LogP contribution in [0.5, 0.6) is 0 Å². The number of fused-ring (bicyclic) bond motifs is 1. The molecule has 4 N–H and O–H groups in total. The highest BCUT2D eigenvalue weighted by molar-refractivity contribution is 6.08. The van der Waals surface area contributed by atoms with Crippen LogP contribution in [-0.2, 0) is 6.42 Å². The van der Waals surface area contributed by atoms with Gasteiger partial charge >= 0.3 is 6.03 Å². The average Bonchev–Trinajstić information content (AvgIpc) is 3.45. The van der Waals surface area contributed by atoms with Crippen molar-refractivity contribution in [2.75, 3.05) is 22.5 Å². The molecule has 1 heterocycles. The second kappa shape index (κ2) is 6.71. The molecule has 1 aliphatic carbocycles. The van der Waals surface area contributed by atoms with Crippen LogP contribution in [0.2, 0.25) is 0 Å². The lowest BCUT2D eigenvalue weighted by Gasteiger charge is -2.30. The molecular formula is C20H22N4O2. The Labute approximate surface area is 152 Å². The predicted molar refractivity (Wildman–Crippen MR) is 102 cm³/mol. The zero-order valence-electron chi connectivity index (χ0n) is 14.5. The lowest BCUT2D eigenvalue weighted by Crippen LogP contribution is -2.36. The third-order valence-corrected chi connectivity index (χ3v) is 4.81. The minimum Gasteiger partial charge on any atom is -0.398 e. The summed E-state index contributed by atoms with van der Waals surface area (Å²) in [6.45, 7) is 0.662. The maximum Gasteiger partial charge on any atom is 0.319 e. The number of benzene rings is 2. The average molecular weight is 350 g/mol. The van der Waals surface area contributed by atoms with Gasteiger partial charge in [-0.05, 0) is 61.6 Å². The first-order chi connectivity index (χ1) is 12.6. The number of nitrogens with zero attached hydrogens (tertiary/aromatic N) is 1. The number of nitrogens with two attached hydrogens (primary N) is 1. The molecule has 4 rings (SSSR count). The first kappa shape index (κ1) is 16.4. The van der Waals surface area contributed by atoms with Gasteiger partial charge in [0, 0.05) is 35.2 Å². The summed E-state index contributed by atoms with van der Waals surface area (Å²) in [5.74, 6) is -0.0807. The van der Waals surface area contributed by atoms with Gasteiger partial charge in [0.1, 0.15) is 0 Å². The van der Waals surface area contributed by atoms with E-state index in [-0.39, 0.29) is 18.0 Å². The van der Waals surface area contributed by atoms with Gasteiger partial charge < -0.3 is 21.3 Å². The van der Waals surface area contributed by atoms with Gasteiger partial charge in [0.2, 0.25) is 0 Å². The molecule has 0 saturated heterocycles. The van der Waals surface area contributed by atoms with Gasteiger partial charge in [-0.1, -0.05) is 12.1 Å². The van der Waals surface area contributed by atoms with Crippen molar-refractivity contribution in [3.05, 3.63) is 53.6 Å². The lowest BCUT2D eigenvalue weighted by atomic mass is 9.99. The molecule has 0 aromatic heterocycles. The standard InChI is InChI=1S/C20H22N4O2/c21-17-7-2-8-18-16(17)6-3-11-24(18)19(25)13-4-1-5-15(12-13)23-20(26)22-14-9-10-14/h1-2,4-5,7-8,12,14H,3,6,9-11,21H2,(H2,22,23,26). The number of amides is 3. The Kier molecular flexibility index (Phi) is 4.24. The summed E-state index contributed by atoms with van der Waals surface area (Å²) >= 11 is 0. The van der Waals surface area contributed by atoms with Gasteiger partial charge in [-0.2, -0.15) is 0 Å². The number of hydrogen-bond acceptors (Lipinski definition) is 3. The van der Waals surface area contributed by atoms with E-state index < -0.39 is 0 Å². The van der Waals surface area contributed by atoms with Crippen LogP contribution in [0.25, 0.3) is 0 Å². The van der Waals surface area contributed by atoms with E-state index in [0.717, 1.165) is 42.6 Å². The van der Waals surface area contributed by atoms with Gasteiger partial charge in [0.15, 0.2) is 0 Å². The monoisotopic (exact) mass is 350 g/mol. The molecule has 2 aliphatic rings. The van der Waals surface area contributed by atoms with Crippen LogP contribution in [0, 0.1) is 0 Å². The van der Waals surface area contributed by atoms with Crippen molar-refractivity contribution in [1.82, 2.24) is 5.32 Å². The van der Waals surface area contributed by atoms with Crippen molar-refractivity contribution in [2.24, 2.45) is 0 Å². The Bertz CT molecular complexity index is 861. The number of rotatable bonds is 3. The second-order valence-electron chi connectivity index (χ2n) is 6.86. The van der Waals surface area contributed by atoms with Crippen molar-refractivity contribution in [3.8, 4) is 0 Å². The fraction of sp³-hybridized carbons (Fsp3) is 0.300. The minimum absolute atomic E-state index is 0.0807. The van der Waals surface area contributed by atoms with E-state index in [1.165, 1.54) is 0 Å². The number of nitrogens with one attached hydrogen (secondary N) is 2. The van der Waals surface area contributed by atoms with Gasteiger partial charge in [-0.3, -0.25) is 4.79 Å². The molecule has 0 spiro atoms. The minimum atomic E-state index is -0.229. The first-order valence-electron chi connectivity index (χ1n) is 8.98. The molecular weight excluding hydrogens is 328 g/mol. The van der Waals surface area contributed by atoms with E-state index in [4.69, 9.17) is 5.73 Å². The molecule has 134 valence electrons. The molecule has 2 aromatic rings. The van der Waals surface area contributed by atoms with Crippen molar-refractivity contribution in [2.45, 2.75) is 31.7 Å². The van der Waals surface area contributed by atoms with Crippen LogP contribution in [0.4, 0.5) is 21.9 Å². The van der Waals surface area contributed by atoms with E-state index >= 15 is 0 Å². The molecule has 1 fully saturated rings. The summed E-state index contributed by atoms with van der Waals surface area (Å²) in [7, 11) is 0. The van der Waals surface area contributed by atoms with Crippen LogP contribution < -0.4 is 21.3 Å². The molecule has 1 aliphatic heterocycles. The summed E-state index contributed by atoms with van der Waals surface area (Å²) in [6, 6.07) is 12.8. The Balaban J connectivity index is 1.54. The molecule has 6 heteroatoms. The lowest BCUT2D eigenvalue weighted by molar-refractivity contribution is 0.0985. The molecule has 0 atom stereocenters. The molecule has 26 heavy (non-hydrogen) atoms. The highest BCUT2D eigenvalue weighted by Gasteiger charge is 2.25. The van der Waals surface area contributed by atoms with E-state index in [2.05, 4.69) is 10.6 Å². The van der Waals surface area contributed by atoms with E-state index in [9.17, 15) is 9.59 Å². The third-order valence-electron chi connectivity index (χ3n) is 4.81. The number of carbonyl (C=O) groups is 2.